The molecule has 3 unspecified atom stereocenters. The maximum atomic E-state index is 5.54. The highest BCUT2D eigenvalue weighted by Gasteiger charge is 2.34. The molecule has 0 aromatic heterocycles. The number of hydrogen-bond acceptors (Lipinski definition) is 4. The van der Waals surface area contributed by atoms with Gasteiger partial charge in [0, 0.05) is 25.7 Å². The molecule has 1 N–H and O–H groups in total. The van der Waals surface area contributed by atoms with Gasteiger partial charge in [-0.2, -0.15) is 0 Å². The van der Waals surface area contributed by atoms with Gasteiger partial charge < -0.3 is 19.9 Å². The Morgan fingerprint density at radius 1 is 1.29 bits per heavy atom. The number of piperidine rings is 1. The van der Waals surface area contributed by atoms with E-state index in [1.54, 1.807) is 7.11 Å². The first kappa shape index (κ1) is 14.7. The summed E-state index contributed by atoms with van der Waals surface area (Å²) in [6.07, 6.45) is 2.57. The molecule has 0 amide bonds. The van der Waals surface area contributed by atoms with E-state index >= 15 is 0 Å². The van der Waals surface area contributed by atoms with Gasteiger partial charge in [-0.15, -0.1) is 0 Å². The standard InChI is InChI=1S/C17H27N3O/c1-19(2)11-13-4-5-17(21-3)16(10-13)18-15-7-9-20-8-6-14(15)12-20/h4-5,10,14-15,18H,6-9,11-12H2,1-3H3. The molecule has 0 saturated carbocycles. The van der Waals surface area contributed by atoms with Gasteiger partial charge in [0.1, 0.15) is 5.75 Å². The Morgan fingerprint density at radius 3 is 2.86 bits per heavy atom. The van der Waals surface area contributed by atoms with E-state index in [1.165, 1.54) is 38.0 Å². The van der Waals surface area contributed by atoms with Crippen LogP contribution in [0.1, 0.15) is 18.4 Å². The smallest absolute Gasteiger partial charge is 0.141 e. The number of ether oxygens (including phenoxy) is 1. The first-order valence-corrected chi connectivity index (χ1v) is 7.96. The molecule has 0 radical (unpaired) electrons. The Labute approximate surface area is 128 Å². The Balaban J connectivity index is 1.76. The van der Waals surface area contributed by atoms with Crippen molar-refractivity contribution in [2.45, 2.75) is 25.4 Å². The minimum Gasteiger partial charge on any atom is -0.495 e. The van der Waals surface area contributed by atoms with Crippen LogP contribution in [0, 0.1) is 5.92 Å². The summed E-state index contributed by atoms with van der Waals surface area (Å²) in [7, 11) is 5.96. The van der Waals surface area contributed by atoms with Crippen molar-refractivity contribution in [2.24, 2.45) is 5.92 Å². The predicted octanol–water partition coefficient (Wildman–Crippen LogP) is 2.26. The van der Waals surface area contributed by atoms with Crippen LogP contribution in [0.25, 0.3) is 0 Å². The van der Waals surface area contributed by atoms with Crippen molar-refractivity contribution in [3.63, 3.8) is 0 Å². The van der Waals surface area contributed by atoms with E-state index in [4.69, 9.17) is 4.74 Å². The van der Waals surface area contributed by atoms with E-state index in [0.717, 1.165) is 23.9 Å². The van der Waals surface area contributed by atoms with Crippen LogP contribution in [0.3, 0.4) is 0 Å². The number of anilines is 1. The van der Waals surface area contributed by atoms with E-state index in [1.807, 2.05) is 0 Å². The van der Waals surface area contributed by atoms with Gasteiger partial charge in [-0.05, 0) is 57.1 Å². The number of fused-ring (bicyclic) bond motifs is 2. The van der Waals surface area contributed by atoms with Crippen LogP contribution in [0.2, 0.25) is 0 Å². The van der Waals surface area contributed by atoms with Gasteiger partial charge in [0.25, 0.3) is 0 Å². The van der Waals surface area contributed by atoms with Crippen LogP contribution < -0.4 is 10.1 Å². The number of nitrogens with one attached hydrogen (secondary N) is 1. The molecule has 21 heavy (non-hydrogen) atoms. The molecule has 0 spiro atoms. The highest BCUT2D eigenvalue weighted by atomic mass is 16.5. The second-order valence-corrected chi connectivity index (χ2v) is 6.66. The molecule has 0 aliphatic carbocycles. The molecule has 3 rings (SSSR count). The fraction of sp³-hybridized carbons (Fsp3) is 0.647. The van der Waals surface area contributed by atoms with E-state index in [-0.39, 0.29) is 0 Å². The molecule has 2 fully saturated rings. The molecule has 2 aliphatic heterocycles. The molecule has 3 atom stereocenters. The summed E-state index contributed by atoms with van der Waals surface area (Å²) >= 11 is 0. The van der Waals surface area contributed by atoms with Crippen molar-refractivity contribution in [1.82, 2.24) is 9.80 Å². The van der Waals surface area contributed by atoms with E-state index in [9.17, 15) is 0 Å². The number of benzene rings is 1. The normalized spacial score (nSPS) is 27.9. The van der Waals surface area contributed by atoms with Crippen LogP contribution in [0.4, 0.5) is 5.69 Å². The van der Waals surface area contributed by atoms with Crippen molar-refractivity contribution < 1.29 is 4.74 Å². The maximum absolute atomic E-state index is 5.54. The zero-order chi connectivity index (χ0) is 14.8. The lowest BCUT2D eigenvalue weighted by molar-refractivity contribution is 0.254. The van der Waals surface area contributed by atoms with Gasteiger partial charge in [0.15, 0.2) is 0 Å². The summed E-state index contributed by atoms with van der Waals surface area (Å²) in [4.78, 5) is 4.78. The van der Waals surface area contributed by atoms with Crippen LogP contribution in [0.5, 0.6) is 5.75 Å². The maximum Gasteiger partial charge on any atom is 0.141 e. The number of rotatable bonds is 5. The van der Waals surface area contributed by atoms with Crippen LogP contribution >= 0.6 is 0 Å². The topological polar surface area (TPSA) is 27.7 Å². The van der Waals surface area contributed by atoms with E-state index < -0.39 is 0 Å². The fourth-order valence-electron chi connectivity index (χ4n) is 3.67. The van der Waals surface area contributed by atoms with Crippen molar-refractivity contribution in [1.29, 1.82) is 0 Å². The van der Waals surface area contributed by atoms with Gasteiger partial charge in [0.2, 0.25) is 0 Å². The highest BCUT2D eigenvalue weighted by molar-refractivity contribution is 5.59. The molecule has 1 aromatic carbocycles. The van der Waals surface area contributed by atoms with Crippen LogP contribution in [-0.2, 0) is 6.54 Å². The zero-order valence-electron chi connectivity index (χ0n) is 13.4. The summed E-state index contributed by atoms with van der Waals surface area (Å²) in [5.41, 5.74) is 2.48. The molecular formula is C17H27N3O. The monoisotopic (exact) mass is 289 g/mol. The Hall–Kier alpha value is -1.26. The lowest BCUT2D eigenvalue weighted by Gasteiger charge is -2.32. The third-order valence-electron chi connectivity index (χ3n) is 4.74. The third kappa shape index (κ3) is 3.33. The van der Waals surface area contributed by atoms with E-state index in [2.05, 4.69) is 47.4 Å². The SMILES string of the molecule is COc1ccc(CN(C)C)cc1NC1CCN2CCC1C2. The minimum absolute atomic E-state index is 0.590. The second kappa shape index (κ2) is 6.24. The molecule has 2 saturated heterocycles. The zero-order valence-corrected chi connectivity index (χ0v) is 13.4. The van der Waals surface area contributed by atoms with Gasteiger partial charge in [-0.25, -0.2) is 0 Å². The molecule has 1 aromatic rings. The molecule has 4 nitrogen and oxygen atoms in total. The first-order valence-electron chi connectivity index (χ1n) is 7.96. The summed E-state index contributed by atoms with van der Waals surface area (Å²) in [5.74, 6) is 1.75. The third-order valence-corrected chi connectivity index (χ3v) is 4.74. The summed E-state index contributed by atoms with van der Waals surface area (Å²) < 4.78 is 5.54. The number of nitrogens with zero attached hydrogens (tertiary/aromatic N) is 2. The fourth-order valence-corrected chi connectivity index (χ4v) is 3.67. The highest BCUT2D eigenvalue weighted by Crippen LogP contribution is 2.33. The largest absolute Gasteiger partial charge is 0.495 e. The van der Waals surface area contributed by atoms with Crippen molar-refractivity contribution in [2.75, 3.05) is 46.2 Å². The Morgan fingerprint density at radius 2 is 2.10 bits per heavy atom. The quantitative estimate of drug-likeness (QED) is 0.900. The summed E-state index contributed by atoms with van der Waals surface area (Å²) in [6, 6.07) is 7.08. The van der Waals surface area contributed by atoms with Crippen molar-refractivity contribution in [3.05, 3.63) is 23.8 Å². The Bertz CT molecular complexity index is 489. The van der Waals surface area contributed by atoms with Gasteiger partial charge in [-0.3, -0.25) is 0 Å². The summed E-state index contributed by atoms with van der Waals surface area (Å²) in [5, 5.41) is 3.77. The van der Waals surface area contributed by atoms with Gasteiger partial charge >= 0.3 is 0 Å². The molecule has 116 valence electrons. The van der Waals surface area contributed by atoms with Crippen LogP contribution in [0.15, 0.2) is 18.2 Å². The molecule has 4 heteroatoms. The molecular weight excluding hydrogens is 262 g/mol. The lowest BCUT2D eigenvalue weighted by atomic mass is 9.94. The number of hydrogen-bond donors (Lipinski definition) is 1. The Kier molecular flexibility index (Phi) is 4.36. The minimum atomic E-state index is 0.590. The summed E-state index contributed by atoms with van der Waals surface area (Å²) in [6.45, 7) is 4.73. The lowest BCUT2D eigenvalue weighted by Crippen LogP contribution is -2.39. The average Bonchev–Trinajstić information content (AvgIpc) is 2.84. The average molecular weight is 289 g/mol. The van der Waals surface area contributed by atoms with Gasteiger partial charge in [-0.1, -0.05) is 6.07 Å². The number of methoxy groups -OCH3 is 1. The van der Waals surface area contributed by atoms with Crippen LogP contribution in [-0.4, -0.2) is 56.7 Å². The van der Waals surface area contributed by atoms with Crippen molar-refractivity contribution in [3.8, 4) is 5.75 Å². The molecule has 2 aliphatic rings. The van der Waals surface area contributed by atoms with Gasteiger partial charge in [0.05, 0.1) is 12.8 Å². The predicted molar refractivity (Wildman–Crippen MR) is 87.0 cm³/mol. The van der Waals surface area contributed by atoms with E-state index in [0.29, 0.717) is 6.04 Å². The second-order valence-electron chi connectivity index (χ2n) is 6.66. The first-order chi connectivity index (χ1) is 10.2. The molecule has 2 heterocycles. The molecule has 2 bridgehead atoms. The van der Waals surface area contributed by atoms with Crippen molar-refractivity contribution >= 4 is 5.69 Å².